The predicted octanol–water partition coefficient (Wildman–Crippen LogP) is 3.88. The van der Waals surface area contributed by atoms with E-state index in [0.29, 0.717) is 17.4 Å². The first-order chi connectivity index (χ1) is 9.72. The van der Waals surface area contributed by atoms with E-state index in [1.54, 1.807) is 35.9 Å². The third-order valence-corrected chi connectivity index (χ3v) is 4.32. The Morgan fingerprint density at radius 3 is 2.90 bits per heavy atom. The molecule has 1 aromatic carbocycles. The number of hydrogen-bond donors (Lipinski definition) is 0. The van der Waals surface area contributed by atoms with Gasteiger partial charge in [0.15, 0.2) is 0 Å². The molecule has 0 unspecified atom stereocenters. The third kappa shape index (κ3) is 2.96. The highest BCUT2D eigenvalue weighted by Gasteiger charge is 2.07. The second-order valence-corrected chi connectivity index (χ2v) is 6.16. The number of halogens is 2. The van der Waals surface area contributed by atoms with Gasteiger partial charge >= 0.3 is 0 Å². The molecule has 0 aliphatic heterocycles. The zero-order valence-corrected chi connectivity index (χ0v) is 12.9. The van der Waals surface area contributed by atoms with Crippen molar-refractivity contribution < 1.29 is 4.39 Å². The molecule has 0 saturated heterocycles. The van der Waals surface area contributed by atoms with Crippen LogP contribution in [0.4, 0.5) is 4.39 Å². The minimum Gasteiger partial charge on any atom is -0.330 e. The van der Waals surface area contributed by atoms with Gasteiger partial charge in [-0.3, -0.25) is 0 Å². The van der Waals surface area contributed by atoms with Crippen LogP contribution in [0.3, 0.4) is 0 Å². The summed E-state index contributed by atoms with van der Waals surface area (Å²) in [6, 6.07) is 5.05. The lowest BCUT2D eigenvalue weighted by atomic mass is 10.2. The van der Waals surface area contributed by atoms with Crippen molar-refractivity contribution in [1.82, 2.24) is 14.5 Å². The number of thiazole rings is 1. The van der Waals surface area contributed by atoms with Gasteiger partial charge in [-0.25, -0.2) is 14.4 Å². The Hall–Kier alpha value is -1.53. The number of imidazole rings is 1. The second-order valence-electron chi connectivity index (χ2n) is 4.32. The van der Waals surface area contributed by atoms with Gasteiger partial charge in [0.2, 0.25) is 0 Å². The van der Waals surface area contributed by atoms with E-state index in [4.69, 9.17) is 0 Å². The summed E-state index contributed by atoms with van der Waals surface area (Å²) in [5, 5.41) is 3.00. The monoisotopic (exact) mass is 351 g/mol. The summed E-state index contributed by atoms with van der Waals surface area (Å²) in [5.41, 5.74) is 1.02. The minimum absolute atomic E-state index is 0.248. The SMILES string of the molecule is Fc1ccc(Cn2ccnc2Cc2nccs2)cc1Br. The first-order valence-corrected chi connectivity index (χ1v) is 7.72. The van der Waals surface area contributed by atoms with Crippen LogP contribution < -0.4 is 0 Å². The van der Waals surface area contributed by atoms with Gasteiger partial charge in [-0.15, -0.1) is 11.3 Å². The number of aromatic nitrogens is 3. The molecule has 20 heavy (non-hydrogen) atoms. The van der Waals surface area contributed by atoms with Crippen molar-refractivity contribution in [2.75, 3.05) is 0 Å². The summed E-state index contributed by atoms with van der Waals surface area (Å²) >= 11 is 4.83. The summed E-state index contributed by atoms with van der Waals surface area (Å²) < 4.78 is 15.8. The van der Waals surface area contributed by atoms with E-state index in [9.17, 15) is 4.39 Å². The molecule has 0 saturated carbocycles. The van der Waals surface area contributed by atoms with Gasteiger partial charge in [-0.1, -0.05) is 6.07 Å². The lowest BCUT2D eigenvalue weighted by Gasteiger charge is -2.08. The van der Waals surface area contributed by atoms with Gasteiger partial charge in [0, 0.05) is 30.5 Å². The Morgan fingerprint density at radius 2 is 2.15 bits per heavy atom. The molecule has 2 heterocycles. The molecule has 0 radical (unpaired) electrons. The molecule has 0 N–H and O–H groups in total. The minimum atomic E-state index is -0.248. The highest BCUT2D eigenvalue weighted by atomic mass is 79.9. The van der Waals surface area contributed by atoms with Crippen molar-refractivity contribution in [2.24, 2.45) is 0 Å². The Bertz CT molecular complexity index is 709. The van der Waals surface area contributed by atoms with Crippen LogP contribution in [-0.4, -0.2) is 14.5 Å². The highest BCUT2D eigenvalue weighted by Crippen LogP contribution is 2.18. The molecule has 0 aliphatic carbocycles. The Labute approximate surface area is 128 Å². The Balaban J connectivity index is 1.81. The van der Waals surface area contributed by atoms with Crippen LogP contribution in [0.1, 0.15) is 16.4 Å². The van der Waals surface area contributed by atoms with Crippen LogP contribution in [0.5, 0.6) is 0 Å². The second kappa shape index (κ2) is 5.85. The molecule has 0 bridgehead atoms. The molecule has 3 aromatic rings. The molecular weight excluding hydrogens is 341 g/mol. The van der Waals surface area contributed by atoms with Crippen molar-refractivity contribution in [2.45, 2.75) is 13.0 Å². The number of benzene rings is 1. The molecule has 6 heteroatoms. The maximum Gasteiger partial charge on any atom is 0.137 e. The molecule has 2 aromatic heterocycles. The standard InChI is InChI=1S/C14H11BrFN3S/c15-11-7-10(1-2-12(11)16)9-19-5-3-17-13(19)8-14-18-4-6-20-14/h1-7H,8-9H2. The van der Waals surface area contributed by atoms with E-state index in [2.05, 4.69) is 30.5 Å². The first kappa shape index (κ1) is 13.5. The zero-order valence-electron chi connectivity index (χ0n) is 10.5. The molecule has 0 aliphatic rings. The fraction of sp³-hybridized carbons (Fsp3) is 0.143. The summed E-state index contributed by atoms with van der Waals surface area (Å²) in [4.78, 5) is 8.64. The fourth-order valence-electron chi connectivity index (χ4n) is 1.96. The number of nitrogens with zero attached hydrogens (tertiary/aromatic N) is 3. The van der Waals surface area contributed by atoms with Crippen LogP contribution in [-0.2, 0) is 13.0 Å². The van der Waals surface area contributed by atoms with Gasteiger partial charge in [-0.2, -0.15) is 0 Å². The van der Waals surface area contributed by atoms with Crippen molar-refractivity contribution in [1.29, 1.82) is 0 Å². The molecule has 0 amide bonds. The van der Waals surface area contributed by atoms with Gasteiger partial charge < -0.3 is 4.57 Å². The van der Waals surface area contributed by atoms with E-state index in [1.807, 2.05) is 11.6 Å². The van der Waals surface area contributed by atoms with Crippen LogP contribution in [0.15, 0.2) is 46.6 Å². The molecule has 3 nitrogen and oxygen atoms in total. The molecule has 0 atom stereocenters. The molecule has 0 spiro atoms. The normalized spacial score (nSPS) is 10.9. The van der Waals surface area contributed by atoms with Crippen molar-refractivity contribution in [3.63, 3.8) is 0 Å². The summed E-state index contributed by atoms with van der Waals surface area (Å²) in [5.74, 6) is 0.711. The maximum atomic E-state index is 13.2. The third-order valence-electron chi connectivity index (χ3n) is 2.93. The average molecular weight is 352 g/mol. The molecule has 3 rings (SSSR count). The summed E-state index contributed by atoms with van der Waals surface area (Å²) in [6.45, 7) is 0.666. The van der Waals surface area contributed by atoms with E-state index in [0.717, 1.165) is 16.4 Å². The quantitative estimate of drug-likeness (QED) is 0.714. The lowest BCUT2D eigenvalue weighted by Crippen LogP contribution is -2.05. The van der Waals surface area contributed by atoms with Gasteiger partial charge in [0.25, 0.3) is 0 Å². The predicted molar refractivity (Wildman–Crippen MR) is 80.3 cm³/mol. The van der Waals surface area contributed by atoms with Crippen LogP contribution in [0, 0.1) is 5.82 Å². The fourth-order valence-corrected chi connectivity index (χ4v) is 3.00. The Kier molecular flexibility index (Phi) is 3.93. The average Bonchev–Trinajstić information content (AvgIpc) is 3.07. The summed E-state index contributed by atoms with van der Waals surface area (Å²) in [6.07, 6.45) is 6.22. The molecule has 102 valence electrons. The number of rotatable bonds is 4. The van der Waals surface area contributed by atoms with Crippen molar-refractivity contribution >= 4 is 27.3 Å². The van der Waals surface area contributed by atoms with E-state index >= 15 is 0 Å². The van der Waals surface area contributed by atoms with Gasteiger partial charge in [0.1, 0.15) is 11.6 Å². The first-order valence-electron chi connectivity index (χ1n) is 6.04. The number of hydrogen-bond acceptors (Lipinski definition) is 3. The zero-order chi connectivity index (χ0) is 13.9. The maximum absolute atomic E-state index is 13.2. The van der Waals surface area contributed by atoms with Gasteiger partial charge in [-0.05, 0) is 33.6 Å². The summed E-state index contributed by atoms with van der Waals surface area (Å²) in [7, 11) is 0. The molecule has 0 fully saturated rings. The Morgan fingerprint density at radius 1 is 1.25 bits per heavy atom. The topological polar surface area (TPSA) is 30.7 Å². The van der Waals surface area contributed by atoms with Crippen LogP contribution >= 0.6 is 27.3 Å². The van der Waals surface area contributed by atoms with Crippen LogP contribution in [0.25, 0.3) is 0 Å². The highest BCUT2D eigenvalue weighted by molar-refractivity contribution is 9.10. The smallest absolute Gasteiger partial charge is 0.137 e. The largest absolute Gasteiger partial charge is 0.330 e. The van der Waals surface area contributed by atoms with Crippen LogP contribution in [0.2, 0.25) is 0 Å². The van der Waals surface area contributed by atoms with E-state index < -0.39 is 0 Å². The van der Waals surface area contributed by atoms with Gasteiger partial charge in [0.05, 0.1) is 15.9 Å². The van der Waals surface area contributed by atoms with Crippen molar-refractivity contribution in [3.05, 3.63) is 68.9 Å². The lowest BCUT2D eigenvalue weighted by molar-refractivity contribution is 0.619. The van der Waals surface area contributed by atoms with E-state index in [1.165, 1.54) is 6.07 Å². The van der Waals surface area contributed by atoms with E-state index in [-0.39, 0.29) is 5.82 Å². The molecular formula is C14H11BrFN3S. The van der Waals surface area contributed by atoms with Crippen molar-refractivity contribution in [3.8, 4) is 0 Å².